The quantitative estimate of drug-likeness (QED) is 0.817. The van der Waals surface area contributed by atoms with Crippen molar-refractivity contribution in [2.24, 2.45) is 17.8 Å². The molecule has 0 spiro atoms. The molecule has 1 aromatic heterocycles. The van der Waals surface area contributed by atoms with Crippen LogP contribution in [0.2, 0.25) is 0 Å². The number of carbonyl (C=O) groups is 2. The first kappa shape index (κ1) is 17.9. The second-order valence-electron chi connectivity index (χ2n) is 9.98. The summed E-state index contributed by atoms with van der Waals surface area (Å²) in [6.07, 6.45) is 7.42. The zero-order chi connectivity index (χ0) is 19.7. The lowest BCUT2D eigenvalue weighted by molar-refractivity contribution is -0.136. The smallest absolute Gasteiger partial charge is 0.275 e. The number of aromatic nitrogens is 2. The zero-order valence-electron chi connectivity index (χ0n) is 17.3. The van der Waals surface area contributed by atoms with Crippen molar-refractivity contribution < 1.29 is 9.59 Å². The SMILES string of the molecule is CN1CCCC(C(=O)N2C[C@@H]3[C@H](C2)[C@@H]2CC[C@H]3N2C(=O)c2n[nH]c3c2CCC3)C1. The zero-order valence-corrected chi connectivity index (χ0v) is 17.3. The molecule has 0 saturated carbocycles. The van der Waals surface area contributed by atoms with Gasteiger partial charge in [0.1, 0.15) is 0 Å². The first-order chi connectivity index (χ1) is 14.1. The number of nitrogens with zero attached hydrogens (tertiary/aromatic N) is 4. The summed E-state index contributed by atoms with van der Waals surface area (Å²) in [5, 5.41) is 7.50. The molecule has 1 aromatic rings. The fourth-order valence-corrected chi connectivity index (χ4v) is 7.10. The number of carbonyl (C=O) groups excluding carboxylic acids is 2. The van der Waals surface area contributed by atoms with E-state index in [1.807, 2.05) is 0 Å². The minimum absolute atomic E-state index is 0.137. The van der Waals surface area contributed by atoms with Crippen molar-refractivity contribution in [1.82, 2.24) is 24.9 Å². The highest BCUT2D eigenvalue weighted by Gasteiger charge is 2.59. The fourth-order valence-electron chi connectivity index (χ4n) is 7.10. The Hall–Kier alpha value is -1.89. The summed E-state index contributed by atoms with van der Waals surface area (Å²) in [5.74, 6) is 1.56. The molecule has 0 aromatic carbocycles. The number of hydrogen-bond acceptors (Lipinski definition) is 4. The van der Waals surface area contributed by atoms with Gasteiger partial charge in [-0.05, 0) is 58.5 Å². The average Bonchev–Trinajstić information content (AvgIpc) is 3.50. The van der Waals surface area contributed by atoms with Crippen molar-refractivity contribution >= 4 is 11.8 Å². The van der Waals surface area contributed by atoms with Crippen LogP contribution in [0, 0.1) is 17.8 Å². The molecule has 6 rings (SSSR count). The molecule has 156 valence electrons. The molecule has 2 amide bonds. The monoisotopic (exact) mass is 397 g/mol. The fraction of sp³-hybridized carbons (Fsp3) is 0.773. The van der Waals surface area contributed by atoms with Gasteiger partial charge in [-0.3, -0.25) is 14.7 Å². The van der Waals surface area contributed by atoms with Crippen LogP contribution in [0.3, 0.4) is 0 Å². The van der Waals surface area contributed by atoms with E-state index in [9.17, 15) is 9.59 Å². The predicted octanol–water partition coefficient (Wildman–Crippen LogP) is 1.30. The minimum atomic E-state index is 0.137. The van der Waals surface area contributed by atoms with Crippen molar-refractivity contribution in [3.8, 4) is 0 Å². The molecule has 4 aliphatic heterocycles. The summed E-state index contributed by atoms with van der Waals surface area (Å²) in [6, 6.07) is 0.580. The standard InChI is InChI=1S/C22H31N5O2/c1-25-9-3-4-13(10-25)21(28)26-11-15-16(12-26)19-8-7-18(15)27(19)22(29)20-14-5-2-6-17(14)23-24-20/h13,15-16,18-19H,2-12H2,1H3,(H,23,24)/t13?,15-,16+,18-,19+. The van der Waals surface area contributed by atoms with E-state index in [4.69, 9.17) is 0 Å². The molecule has 1 unspecified atom stereocenters. The van der Waals surface area contributed by atoms with Crippen molar-refractivity contribution in [1.29, 1.82) is 0 Å². The van der Waals surface area contributed by atoms with Gasteiger partial charge in [-0.15, -0.1) is 0 Å². The lowest BCUT2D eigenvalue weighted by Gasteiger charge is -2.33. The Kier molecular flexibility index (Phi) is 4.05. The Morgan fingerprint density at radius 1 is 1.00 bits per heavy atom. The van der Waals surface area contributed by atoms with Gasteiger partial charge < -0.3 is 14.7 Å². The molecule has 29 heavy (non-hydrogen) atoms. The lowest BCUT2D eigenvalue weighted by Crippen LogP contribution is -2.45. The normalized spacial score (nSPS) is 36.0. The van der Waals surface area contributed by atoms with Crippen LogP contribution in [-0.4, -0.2) is 82.0 Å². The number of amides is 2. The van der Waals surface area contributed by atoms with Crippen LogP contribution < -0.4 is 0 Å². The van der Waals surface area contributed by atoms with E-state index in [0.29, 0.717) is 23.4 Å². The van der Waals surface area contributed by atoms with Crippen molar-refractivity contribution in [3.63, 3.8) is 0 Å². The number of H-pyrrole nitrogens is 1. The average molecular weight is 398 g/mol. The molecular weight excluding hydrogens is 366 g/mol. The molecule has 1 N–H and O–H groups in total. The summed E-state index contributed by atoms with van der Waals surface area (Å²) in [4.78, 5) is 33.2. The van der Waals surface area contributed by atoms with Gasteiger partial charge >= 0.3 is 0 Å². The van der Waals surface area contributed by atoms with Gasteiger partial charge in [0, 0.05) is 54.8 Å². The molecule has 4 fully saturated rings. The highest BCUT2D eigenvalue weighted by molar-refractivity contribution is 5.95. The summed E-state index contributed by atoms with van der Waals surface area (Å²) < 4.78 is 0. The maximum atomic E-state index is 13.4. The largest absolute Gasteiger partial charge is 0.342 e. The highest BCUT2D eigenvalue weighted by Crippen LogP contribution is 2.50. The van der Waals surface area contributed by atoms with Crippen LogP contribution in [0.1, 0.15) is 53.8 Å². The predicted molar refractivity (Wildman–Crippen MR) is 107 cm³/mol. The van der Waals surface area contributed by atoms with E-state index in [1.165, 1.54) is 0 Å². The molecule has 1 aliphatic carbocycles. The first-order valence-electron chi connectivity index (χ1n) is 11.5. The molecule has 2 bridgehead atoms. The number of nitrogens with one attached hydrogen (secondary N) is 1. The third kappa shape index (κ3) is 2.62. The Bertz CT molecular complexity index is 830. The second kappa shape index (κ2) is 6.56. The molecule has 5 aliphatic rings. The number of aryl methyl sites for hydroxylation is 1. The lowest BCUT2D eigenvalue weighted by atomic mass is 9.82. The molecule has 5 heterocycles. The van der Waals surface area contributed by atoms with E-state index < -0.39 is 0 Å². The number of fused-ring (bicyclic) bond motifs is 6. The van der Waals surface area contributed by atoms with Crippen LogP contribution in [0.15, 0.2) is 0 Å². The van der Waals surface area contributed by atoms with Gasteiger partial charge in [-0.1, -0.05) is 0 Å². The summed E-state index contributed by atoms with van der Waals surface area (Å²) in [5.41, 5.74) is 2.99. The Labute approximate surface area is 171 Å². The maximum Gasteiger partial charge on any atom is 0.275 e. The first-order valence-corrected chi connectivity index (χ1v) is 11.5. The van der Waals surface area contributed by atoms with E-state index in [2.05, 4.69) is 31.9 Å². The topological polar surface area (TPSA) is 72.5 Å². The number of rotatable bonds is 2. The van der Waals surface area contributed by atoms with E-state index >= 15 is 0 Å². The number of aromatic amines is 1. The maximum absolute atomic E-state index is 13.4. The summed E-state index contributed by atoms with van der Waals surface area (Å²) >= 11 is 0. The van der Waals surface area contributed by atoms with Gasteiger partial charge in [-0.2, -0.15) is 5.10 Å². The Morgan fingerprint density at radius 3 is 2.48 bits per heavy atom. The second-order valence-corrected chi connectivity index (χ2v) is 9.98. The number of hydrogen-bond donors (Lipinski definition) is 1. The molecule has 5 atom stereocenters. The van der Waals surface area contributed by atoms with E-state index in [0.717, 1.165) is 82.4 Å². The molecular formula is C22H31N5O2. The van der Waals surface area contributed by atoms with Gasteiger partial charge in [-0.25, -0.2) is 0 Å². The Balaban J connectivity index is 1.18. The van der Waals surface area contributed by atoms with Gasteiger partial charge in [0.15, 0.2) is 5.69 Å². The van der Waals surface area contributed by atoms with Crippen LogP contribution >= 0.6 is 0 Å². The van der Waals surface area contributed by atoms with Crippen LogP contribution in [0.4, 0.5) is 0 Å². The van der Waals surface area contributed by atoms with Gasteiger partial charge in [0.2, 0.25) is 5.91 Å². The number of piperidine rings is 1. The van der Waals surface area contributed by atoms with Gasteiger partial charge in [0.05, 0.1) is 5.92 Å². The third-order valence-electron chi connectivity index (χ3n) is 8.40. The van der Waals surface area contributed by atoms with Gasteiger partial charge in [0.25, 0.3) is 5.91 Å². The third-order valence-corrected chi connectivity index (χ3v) is 8.40. The van der Waals surface area contributed by atoms with Crippen LogP contribution in [0.25, 0.3) is 0 Å². The molecule has 4 saturated heterocycles. The Morgan fingerprint density at radius 2 is 1.76 bits per heavy atom. The van der Waals surface area contributed by atoms with Crippen LogP contribution in [0.5, 0.6) is 0 Å². The van der Waals surface area contributed by atoms with Crippen molar-refractivity contribution in [2.45, 2.75) is 57.0 Å². The molecule has 0 radical (unpaired) electrons. The van der Waals surface area contributed by atoms with Crippen molar-refractivity contribution in [3.05, 3.63) is 17.0 Å². The summed E-state index contributed by atoms with van der Waals surface area (Å²) in [7, 11) is 2.12. The molecule has 7 nitrogen and oxygen atoms in total. The summed E-state index contributed by atoms with van der Waals surface area (Å²) in [6.45, 7) is 3.68. The van der Waals surface area contributed by atoms with E-state index in [1.54, 1.807) is 0 Å². The number of likely N-dealkylation sites (tertiary alicyclic amines) is 2. The minimum Gasteiger partial charge on any atom is -0.342 e. The van der Waals surface area contributed by atoms with Crippen LogP contribution in [-0.2, 0) is 17.6 Å². The van der Waals surface area contributed by atoms with Crippen molar-refractivity contribution in [2.75, 3.05) is 33.2 Å². The van der Waals surface area contributed by atoms with E-state index in [-0.39, 0.29) is 23.9 Å². The molecule has 7 heteroatoms. The highest BCUT2D eigenvalue weighted by atomic mass is 16.2.